The number of hydrogen-bond acceptors (Lipinski definition) is 6. The third-order valence-corrected chi connectivity index (χ3v) is 5.64. The van der Waals surface area contributed by atoms with Gasteiger partial charge in [0.1, 0.15) is 12.5 Å². The van der Waals surface area contributed by atoms with Crippen molar-refractivity contribution < 1.29 is 24.5 Å². The molecule has 0 saturated heterocycles. The molecule has 9 nitrogen and oxygen atoms in total. The number of aliphatic carboxylic acids is 1. The third-order valence-electron chi connectivity index (χ3n) is 5.64. The maximum absolute atomic E-state index is 12.7. The number of aliphatic hydroxyl groups excluding tert-OH is 1. The Kier molecular flexibility index (Phi) is 8.39. The second-order valence-corrected chi connectivity index (χ2v) is 8.51. The van der Waals surface area contributed by atoms with Crippen LogP contribution in [0.1, 0.15) is 46.0 Å². The van der Waals surface area contributed by atoms with Crippen molar-refractivity contribution in [1.82, 2.24) is 9.55 Å². The molecule has 0 bridgehead atoms. The number of aliphatic hydroxyl groups is 1. The Bertz CT molecular complexity index is 1410. The Morgan fingerprint density at radius 2 is 1.64 bits per heavy atom. The average molecular weight is 493 g/mol. The lowest BCUT2D eigenvalue weighted by molar-refractivity contribution is -0.146. The van der Waals surface area contributed by atoms with Gasteiger partial charge in [0, 0.05) is 29.3 Å². The largest absolute Gasteiger partial charge is 0.507 e. The van der Waals surface area contributed by atoms with E-state index in [0.29, 0.717) is 30.2 Å². The van der Waals surface area contributed by atoms with Crippen LogP contribution in [0.5, 0.6) is 0 Å². The van der Waals surface area contributed by atoms with Crippen molar-refractivity contribution in [3.05, 3.63) is 108 Å². The molecule has 0 aliphatic heterocycles. The van der Waals surface area contributed by atoms with Gasteiger partial charge in [-0.1, -0.05) is 60.5 Å². The SMILES string of the molecule is CCc1c(Cc2cc(C)cc(C)c2)n(COCc2ccc(C(O)=CC(=O)C(=O)O)cc2)c(=O)[nH]c1=O. The fraction of sp³-hybridized carbons (Fsp3) is 0.259. The lowest BCUT2D eigenvalue weighted by Crippen LogP contribution is -2.36. The fourth-order valence-electron chi connectivity index (χ4n) is 4.02. The highest BCUT2D eigenvalue weighted by Gasteiger charge is 2.15. The van der Waals surface area contributed by atoms with Crippen molar-refractivity contribution >= 4 is 17.5 Å². The molecule has 0 amide bonds. The van der Waals surface area contributed by atoms with Crippen LogP contribution in [0.15, 0.2) is 58.1 Å². The van der Waals surface area contributed by atoms with Gasteiger partial charge in [0.2, 0.25) is 0 Å². The number of ether oxygens (including phenoxy) is 1. The second-order valence-electron chi connectivity index (χ2n) is 8.51. The summed E-state index contributed by atoms with van der Waals surface area (Å²) in [6.45, 7) is 5.91. The molecular formula is C27H28N2O7. The van der Waals surface area contributed by atoms with Gasteiger partial charge < -0.3 is 14.9 Å². The summed E-state index contributed by atoms with van der Waals surface area (Å²) in [4.78, 5) is 49.4. The molecule has 1 heterocycles. The van der Waals surface area contributed by atoms with Crippen LogP contribution < -0.4 is 11.2 Å². The third kappa shape index (κ3) is 6.45. The van der Waals surface area contributed by atoms with E-state index in [9.17, 15) is 24.3 Å². The number of aryl methyl sites for hydroxylation is 2. The predicted molar refractivity (Wildman–Crippen MR) is 134 cm³/mol. The normalized spacial score (nSPS) is 11.5. The standard InChI is InChI=1S/C27H28N2O7/c1-4-21-22(12-19-10-16(2)9-17(3)11-19)29(27(35)28-25(21)32)15-36-14-18-5-7-20(8-6-18)23(30)13-24(31)26(33)34/h5-11,13,30H,4,12,14-15H2,1-3H3,(H,33,34)(H,28,32,35). The first-order valence-corrected chi connectivity index (χ1v) is 11.4. The average Bonchev–Trinajstić information content (AvgIpc) is 2.80. The molecule has 1 aromatic heterocycles. The van der Waals surface area contributed by atoms with E-state index in [1.54, 1.807) is 12.1 Å². The van der Waals surface area contributed by atoms with Gasteiger partial charge in [-0.2, -0.15) is 0 Å². The van der Waals surface area contributed by atoms with Crippen molar-refractivity contribution in [2.45, 2.75) is 47.0 Å². The van der Waals surface area contributed by atoms with Crippen LogP contribution in [0.2, 0.25) is 0 Å². The molecule has 0 saturated carbocycles. The zero-order chi connectivity index (χ0) is 26.4. The molecular weight excluding hydrogens is 464 g/mol. The van der Waals surface area contributed by atoms with Crippen molar-refractivity contribution in [1.29, 1.82) is 0 Å². The van der Waals surface area contributed by atoms with E-state index in [1.165, 1.54) is 16.7 Å². The quantitative estimate of drug-likeness (QED) is 0.225. The number of H-pyrrole nitrogens is 1. The topological polar surface area (TPSA) is 139 Å². The van der Waals surface area contributed by atoms with Gasteiger partial charge in [0.05, 0.1) is 6.61 Å². The molecule has 0 fully saturated rings. The van der Waals surface area contributed by atoms with E-state index in [-0.39, 0.29) is 18.9 Å². The maximum atomic E-state index is 12.7. The molecule has 0 radical (unpaired) electrons. The molecule has 36 heavy (non-hydrogen) atoms. The summed E-state index contributed by atoms with van der Waals surface area (Å²) in [5, 5.41) is 18.6. The summed E-state index contributed by atoms with van der Waals surface area (Å²) in [7, 11) is 0. The van der Waals surface area contributed by atoms with E-state index in [4.69, 9.17) is 9.84 Å². The van der Waals surface area contributed by atoms with E-state index >= 15 is 0 Å². The number of carbonyl (C=O) groups excluding carboxylic acids is 1. The van der Waals surface area contributed by atoms with Crippen LogP contribution in [-0.4, -0.2) is 31.5 Å². The van der Waals surface area contributed by atoms with Gasteiger partial charge in [-0.3, -0.25) is 19.1 Å². The van der Waals surface area contributed by atoms with Gasteiger partial charge >= 0.3 is 11.7 Å². The summed E-state index contributed by atoms with van der Waals surface area (Å²) in [6.07, 6.45) is 1.50. The number of carboxylic acid groups (broad SMARTS) is 1. The molecule has 3 aromatic rings. The number of hydrogen-bond donors (Lipinski definition) is 3. The highest BCUT2D eigenvalue weighted by atomic mass is 16.5. The van der Waals surface area contributed by atoms with Gasteiger partial charge in [0.25, 0.3) is 11.3 Å². The summed E-state index contributed by atoms with van der Waals surface area (Å²) < 4.78 is 7.21. The van der Waals surface area contributed by atoms with Crippen LogP contribution in [0.4, 0.5) is 0 Å². The molecule has 0 unspecified atom stereocenters. The van der Waals surface area contributed by atoms with E-state index in [0.717, 1.165) is 22.3 Å². The number of nitrogens with zero attached hydrogens (tertiary/aromatic N) is 1. The Labute approximate surface area is 207 Å². The van der Waals surface area contributed by atoms with Crippen LogP contribution in [0.25, 0.3) is 5.76 Å². The number of rotatable bonds is 10. The van der Waals surface area contributed by atoms with Crippen molar-refractivity contribution in [2.75, 3.05) is 0 Å². The lowest BCUT2D eigenvalue weighted by Gasteiger charge is -2.17. The van der Waals surface area contributed by atoms with E-state index in [1.807, 2.05) is 32.9 Å². The van der Waals surface area contributed by atoms with Crippen LogP contribution in [0.3, 0.4) is 0 Å². The monoisotopic (exact) mass is 492 g/mol. The van der Waals surface area contributed by atoms with Crippen molar-refractivity contribution in [3.63, 3.8) is 0 Å². The fourth-order valence-corrected chi connectivity index (χ4v) is 4.02. The van der Waals surface area contributed by atoms with Crippen LogP contribution in [-0.2, 0) is 40.5 Å². The number of aromatic amines is 1. The van der Waals surface area contributed by atoms with E-state index < -0.39 is 28.8 Å². The maximum Gasteiger partial charge on any atom is 0.376 e. The second kappa shape index (κ2) is 11.5. The number of ketones is 1. The summed E-state index contributed by atoms with van der Waals surface area (Å²) in [5.74, 6) is -3.35. The van der Waals surface area contributed by atoms with Gasteiger partial charge in [-0.05, 0) is 31.4 Å². The number of nitrogens with one attached hydrogen (secondary N) is 1. The Hall–Kier alpha value is -4.24. The van der Waals surface area contributed by atoms with Gasteiger partial charge in [0.15, 0.2) is 0 Å². The lowest BCUT2D eigenvalue weighted by atomic mass is 10.0. The highest BCUT2D eigenvalue weighted by Crippen LogP contribution is 2.16. The first-order valence-electron chi connectivity index (χ1n) is 11.4. The number of aromatic nitrogens is 2. The molecule has 0 atom stereocenters. The number of carbonyl (C=O) groups is 2. The summed E-state index contributed by atoms with van der Waals surface area (Å²) in [6, 6.07) is 12.4. The highest BCUT2D eigenvalue weighted by molar-refractivity contribution is 6.38. The molecule has 3 rings (SSSR count). The molecule has 2 aromatic carbocycles. The first kappa shape index (κ1) is 26.4. The summed E-state index contributed by atoms with van der Waals surface area (Å²) >= 11 is 0. The Morgan fingerprint density at radius 3 is 2.22 bits per heavy atom. The molecule has 9 heteroatoms. The van der Waals surface area contributed by atoms with Crippen molar-refractivity contribution in [3.8, 4) is 0 Å². The minimum absolute atomic E-state index is 0.0806. The molecule has 188 valence electrons. The van der Waals surface area contributed by atoms with Gasteiger partial charge in [-0.15, -0.1) is 0 Å². The zero-order valence-corrected chi connectivity index (χ0v) is 20.3. The predicted octanol–water partition coefficient (Wildman–Crippen LogP) is 3.03. The number of carboxylic acids is 1. The van der Waals surface area contributed by atoms with Crippen LogP contribution in [0, 0.1) is 13.8 Å². The first-order chi connectivity index (χ1) is 17.1. The smallest absolute Gasteiger partial charge is 0.376 e. The number of benzene rings is 2. The van der Waals surface area contributed by atoms with Gasteiger partial charge in [-0.25, -0.2) is 9.59 Å². The van der Waals surface area contributed by atoms with E-state index in [2.05, 4.69) is 11.1 Å². The van der Waals surface area contributed by atoms with Crippen molar-refractivity contribution in [2.24, 2.45) is 0 Å². The molecule has 0 aliphatic carbocycles. The molecule has 0 aliphatic rings. The minimum Gasteiger partial charge on any atom is -0.507 e. The Morgan fingerprint density at radius 1 is 1.00 bits per heavy atom. The minimum atomic E-state index is -1.66. The summed E-state index contributed by atoms with van der Waals surface area (Å²) in [5.41, 5.74) is 4.35. The molecule has 3 N–H and O–H groups in total. The molecule has 0 spiro atoms. The Balaban J connectivity index is 1.79. The van der Waals surface area contributed by atoms with Crippen LogP contribution >= 0.6 is 0 Å². The zero-order valence-electron chi connectivity index (χ0n) is 20.3.